The number of ether oxygens (including phenoxy) is 4. The average Bonchev–Trinajstić information content (AvgIpc) is 3.13. The second-order valence-corrected chi connectivity index (χ2v) is 10.7. The maximum atomic E-state index is 12.5. The summed E-state index contributed by atoms with van der Waals surface area (Å²) in [6.07, 6.45) is 2.60. The second kappa shape index (κ2) is 7.61. The zero-order valence-electron chi connectivity index (χ0n) is 19.1. The summed E-state index contributed by atoms with van der Waals surface area (Å²) in [5, 5.41) is 0. The third-order valence-corrected chi connectivity index (χ3v) is 8.37. The van der Waals surface area contributed by atoms with E-state index in [9.17, 15) is 14.4 Å². The van der Waals surface area contributed by atoms with Crippen LogP contribution in [0.15, 0.2) is 12.2 Å². The Labute approximate surface area is 183 Å². The maximum absolute atomic E-state index is 12.5. The monoisotopic (exact) mass is 434 g/mol. The van der Waals surface area contributed by atoms with E-state index in [0.717, 1.165) is 24.8 Å². The molecule has 7 nitrogen and oxygen atoms in total. The van der Waals surface area contributed by atoms with Crippen LogP contribution in [0.2, 0.25) is 0 Å². The summed E-state index contributed by atoms with van der Waals surface area (Å²) < 4.78 is 22.1. The SMILES string of the molecule is C=C([C@@H]1C2OC(=O)[C@@H](OC(C)=O)[C@H]1[C@H](OC(C)=O)O2)[C@H]1CCC2C(C)(C)CCC[C@@]21C. The standard InChI is InChI=1S/C24H34O7/c1-12(15-8-9-16-23(4,5)10-7-11-24(15,16)6)17-18-19(28-13(2)25)20(27)30-21(17)31-22(18)29-14(3)26/h15-19,21-22H,1,7-11H2,2-6H3/t15-,16?,17+,18+,19+,21?,22-,24-/m1/s1. The predicted octanol–water partition coefficient (Wildman–Crippen LogP) is 3.75. The Morgan fingerprint density at radius 3 is 2.39 bits per heavy atom. The fourth-order valence-corrected chi connectivity index (χ4v) is 7.23. The van der Waals surface area contributed by atoms with Crippen LogP contribution >= 0.6 is 0 Å². The highest BCUT2D eigenvalue weighted by molar-refractivity contribution is 5.80. The van der Waals surface area contributed by atoms with Gasteiger partial charge in [-0.15, -0.1) is 0 Å². The molecule has 2 saturated heterocycles. The van der Waals surface area contributed by atoms with Crippen molar-refractivity contribution in [2.24, 2.45) is 34.5 Å². The van der Waals surface area contributed by atoms with Gasteiger partial charge in [-0.05, 0) is 48.3 Å². The number of hydrogen-bond acceptors (Lipinski definition) is 7. The Morgan fingerprint density at radius 2 is 1.74 bits per heavy atom. The first kappa shape index (κ1) is 22.3. The van der Waals surface area contributed by atoms with Gasteiger partial charge in [0.05, 0.1) is 11.8 Å². The number of rotatable bonds is 4. The summed E-state index contributed by atoms with van der Waals surface area (Å²) in [7, 11) is 0. The normalized spacial score (nSPS) is 43.0. The van der Waals surface area contributed by atoms with Gasteiger partial charge in [0, 0.05) is 13.8 Å². The molecule has 2 bridgehead atoms. The molecule has 0 N–H and O–H groups in total. The molecule has 2 saturated carbocycles. The fraction of sp³-hybridized carbons (Fsp3) is 0.792. The van der Waals surface area contributed by atoms with Gasteiger partial charge in [0.25, 0.3) is 0 Å². The van der Waals surface area contributed by atoms with Crippen molar-refractivity contribution in [2.45, 2.75) is 85.4 Å². The lowest BCUT2D eigenvalue weighted by molar-refractivity contribution is -0.209. The van der Waals surface area contributed by atoms with Crippen molar-refractivity contribution >= 4 is 17.9 Å². The van der Waals surface area contributed by atoms with Gasteiger partial charge in [0.2, 0.25) is 18.7 Å². The number of esters is 3. The van der Waals surface area contributed by atoms with E-state index in [1.807, 2.05) is 0 Å². The summed E-state index contributed by atoms with van der Waals surface area (Å²) in [6, 6.07) is 0. The molecule has 7 heteroatoms. The van der Waals surface area contributed by atoms with Crippen molar-refractivity contribution in [3.05, 3.63) is 12.2 Å². The highest BCUT2D eigenvalue weighted by Crippen LogP contribution is 2.64. The van der Waals surface area contributed by atoms with E-state index in [4.69, 9.17) is 18.9 Å². The van der Waals surface area contributed by atoms with Crippen LogP contribution in [-0.2, 0) is 33.3 Å². The Kier molecular flexibility index (Phi) is 5.48. The Hall–Kier alpha value is -1.89. The van der Waals surface area contributed by atoms with Crippen LogP contribution in [0.3, 0.4) is 0 Å². The molecule has 8 atom stereocenters. The lowest BCUT2D eigenvalue weighted by Gasteiger charge is -2.51. The molecule has 172 valence electrons. The van der Waals surface area contributed by atoms with Crippen LogP contribution in [0.4, 0.5) is 0 Å². The minimum atomic E-state index is -1.19. The fourth-order valence-electron chi connectivity index (χ4n) is 7.23. The molecule has 0 aromatic rings. The van der Waals surface area contributed by atoms with Crippen molar-refractivity contribution in [3.63, 3.8) is 0 Å². The van der Waals surface area contributed by atoms with Crippen molar-refractivity contribution < 1.29 is 33.3 Å². The van der Waals surface area contributed by atoms with Gasteiger partial charge in [0.15, 0.2) is 0 Å². The van der Waals surface area contributed by atoms with Crippen molar-refractivity contribution in [1.82, 2.24) is 0 Å². The molecule has 0 aromatic carbocycles. The van der Waals surface area contributed by atoms with Crippen LogP contribution in [0.25, 0.3) is 0 Å². The van der Waals surface area contributed by atoms with E-state index in [1.165, 1.54) is 26.7 Å². The molecule has 2 heterocycles. The molecular formula is C24H34O7. The van der Waals surface area contributed by atoms with E-state index < -0.39 is 48.4 Å². The first-order valence-electron chi connectivity index (χ1n) is 11.3. The predicted molar refractivity (Wildman–Crippen MR) is 110 cm³/mol. The lowest BCUT2D eigenvalue weighted by atomic mass is 9.54. The van der Waals surface area contributed by atoms with Gasteiger partial charge < -0.3 is 18.9 Å². The van der Waals surface area contributed by atoms with Crippen LogP contribution < -0.4 is 0 Å². The lowest BCUT2D eigenvalue weighted by Crippen LogP contribution is -2.50. The largest absolute Gasteiger partial charge is 0.450 e. The maximum Gasteiger partial charge on any atom is 0.350 e. The molecule has 0 amide bonds. The van der Waals surface area contributed by atoms with Crippen LogP contribution in [0.1, 0.15) is 66.7 Å². The van der Waals surface area contributed by atoms with Gasteiger partial charge >= 0.3 is 17.9 Å². The third-order valence-electron chi connectivity index (χ3n) is 8.37. The number of fused-ring (bicyclic) bond motifs is 3. The quantitative estimate of drug-likeness (QED) is 0.378. The zero-order valence-corrected chi connectivity index (χ0v) is 19.1. The molecule has 2 unspecified atom stereocenters. The van der Waals surface area contributed by atoms with E-state index in [1.54, 1.807) is 0 Å². The van der Waals surface area contributed by atoms with E-state index in [2.05, 4.69) is 27.4 Å². The van der Waals surface area contributed by atoms with Gasteiger partial charge in [-0.2, -0.15) is 0 Å². The first-order valence-corrected chi connectivity index (χ1v) is 11.3. The minimum Gasteiger partial charge on any atom is -0.450 e. The van der Waals surface area contributed by atoms with Crippen molar-refractivity contribution in [1.29, 1.82) is 0 Å². The Bertz CT molecular complexity index is 802. The molecule has 4 aliphatic rings. The highest BCUT2D eigenvalue weighted by atomic mass is 16.8. The molecule has 0 spiro atoms. The van der Waals surface area contributed by atoms with Gasteiger partial charge in [-0.25, -0.2) is 4.79 Å². The number of hydrogen-bond donors (Lipinski definition) is 0. The molecule has 2 aliphatic heterocycles. The minimum absolute atomic E-state index is 0.105. The van der Waals surface area contributed by atoms with E-state index in [-0.39, 0.29) is 16.7 Å². The van der Waals surface area contributed by atoms with Crippen molar-refractivity contribution in [3.8, 4) is 0 Å². The molecule has 4 fully saturated rings. The third kappa shape index (κ3) is 3.59. The molecular weight excluding hydrogens is 400 g/mol. The zero-order chi connectivity index (χ0) is 22.7. The van der Waals surface area contributed by atoms with Gasteiger partial charge in [-0.3, -0.25) is 9.59 Å². The number of carbonyl (C=O) groups is 3. The van der Waals surface area contributed by atoms with Crippen molar-refractivity contribution in [2.75, 3.05) is 0 Å². The summed E-state index contributed by atoms with van der Waals surface area (Å²) in [4.78, 5) is 35.9. The first-order chi connectivity index (χ1) is 14.5. The second-order valence-electron chi connectivity index (χ2n) is 10.7. The summed E-state index contributed by atoms with van der Waals surface area (Å²) >= 11 is 0. The topological polar surface area (TPSA) is 88.1 Å². The summed E-state index contributed by atoms with van der Waals surface area (Å²) in [6.45, 7) is 14.1. The van der Waals surface area contributed by atoms with Crippen LogP contribution in [0.5, 0.6) is 0 Å². The van der Waals surface area contributed by atoms with Gasteiger partial charge in [0.1, 0.15) is 0 Å². The summed E-state index contributed by atoms with van der Waals surface area (Å²) in [5.41, 5.74) is 1.34. The number of carbonyl (C=O) groups excluding carboxylic acids is 3. The summed E-state index contributed by atoms with van der Waals surface area (Å²) in [5.74, 6) is -2.02. The Morgan fingerprint density at radius 1 is 1.06 bits per heavy atom. The molecule has 0 radical (unpaired) electrons. The van der Waals surface area contributed by atoms with E-state index in [0.29, 0.717) is 5.92 Å². The van der Waals surface area contributed by atoms with Gasteiger partial charge in [-0.1, -0.05) is 39.3 Å². The smallest absolute Gasteiger partial charge is 0.350 e. The van der Waals surface area contributed by atoms with Crippen LogP contribution in [0, 0.1) is 34.5 Å². The molecule has 0 aromatic heterocycles. The molecule has 4 rings (SSSR count). The Balaban J connectivity index is 1.66. The molecule has 31 heavy (non-hydrogen) atoms. The molecule has 2 aliphatic carbocycles. The average molecular weight is 435 g/mol. The van der Waals surface area contributed by atoms with Crippen LogP contribution in [-0.4, -0.2) is 36.6 Å². The van der Waals surface area contributed by atoms with E-state index >= 15 is 0 Å². The highest BCUT2D eigenvalue weighted by Gasteiger charge is 2.63.